The van der Waals surface area contributed by atoms with Crippen LogP contribution in [-0.2, 0) is 12.8 Å². The number of benzene rings is 2. The smallest absolute Gasteiger partial charge is 0.173 e. The molecule has 0 saturated carbocycles. The first-order valence-corrected chi connectivity index (χ1v) is 9.95. The van der Waals surface area contributed by atoms with Crippen molar-refractivity contribution in [2.75, 3.05) is 31.5 Å². The number of fused-ring (bicyclic) bond motifs is 1. The van der Waals surface area contributed by atoms with Crippen molar-refractivity contribution >= 4 is 23.0 Å². The summed E-state index contributed by atoms with van der Waals surface area (Å²) in [6.45, 7) is 8.43. The zero-order valence-corrected chi connectivity index (χ0v) is 16.5. The minimum atomic E-state index is 0.662. The third kappa shape index (κ3) is 3.62. The van der Waals surface area contributed by atoms with Gasteiger partial charge in [0.1, 0.15) is 0 Å². The van der Waals surface area contributed by atoms with Gasteiger partial charge in [-0.3, -0.25) is 4.90 Å². The Morgan fingerprint density at radius 3 is 2.27 bits per heavy atom. The van der Waals surface area contributed by atoms with Crippen molar-refractivity contribution in [1.82, 2.24) is 9.80 Å². The Morgan fingerprint density at radius 1 is 0.962 bits per heavy atom. The highest BCUT2D eigenvalue weighted by molar-refractivity contribution is 7.80. The van der Waals surface area contributed by atoms with E-state index >= 15 is 0 Å². The summed E-state index contributed by atoms with van der Waals surface area (Å²) in [6, 6.07) is 16.0. The number of rotatable bonds is 2. The van der Waals surface area contributed by atoms with E-state index in [4.69, 9.17) is 12.2 Å². The van der Waals surface area contributed by atoms with E-state index in [0.29, 0.717) is 6.04 Å². The quantitative estimate of drug-likeness (QED) is 0.816. The van der Waals surface area contributed by atoms with Gasteiger partial charge in [0.25, 0.3) is 0 Å². The maximum atomic E-state index is 5.69. The molecule has 0 unspecified atom stereocenters. The van der Waals surface area contributed by atoms with Gasteiger partial charge in [-0.05, 0) is 67.2 Å². The first-order valence-electron chi connectivity index (χ1n) is 9.54. The Kier molecular flexibility index (Phi) is 4.96. The summed E-state index contributed by atoms with van der Waals surface area (Å²) in [4.78, 5) is 4.97. The fourth-order valence-electron chi connectivity index (χ4n) is 4.15. The monoisotopic (exact) mass is 365 g/mol. The van der Waals surface area contributed by atoms with E-state index in [2.05, 4.69) is 71.4 Å². The van der Waals surface area contributed by atoms with Crippen LogP contribution in [0.1, 0.15) is 22.3 Å². The average molecular weight is 366 g/mol. The van der Waals surface area contributed by atoms with Gasteiger partial charge >= 0.3 is 0 Å². The molecular formula is C22H27N3S. The molecule has 0 aromatic heterocycles. The SMILES string of the molecule is Cc1ccc(C)c(NC(=S)N2CCN(C3Cc4ccccc4C3)CC2)c1. The van der Waals surface area contributed by atoms with Crippen LogP contribution in [0.25, 0.3) is 0 Å². The standard InChI is InChI=1S/C22H27N3S/c1-16-7-8-17(2)21(13-16)23-22(26)25-11-9-24(10-12-25)20-14-18-5-3-4-6-19(18)15-20/h3-8,13,20H,9-12,14-15H2,1-2H3,(H,23,26). The third-order valence-electron chi connectivity index (χ3n) is 5.78. The summed E-state index contributed by atoms with van der Waals surface area (Å²) in [5.41, 5.74) is 6.69. The molecule has 1 saturated heterocycles. The van der Waals surface area contributed by atoms with E-state index in [-0.39, 0.29) is 0 Å². The fourth-order valence-corrected chi connectivity index (χ4v) is 4.44. The van der Waals surface area contributed by atoms with Crippen molar-refractivity contribution in [2.45, 2.75) is 32.7 Å². The molecule has 1 heterocycles. The molecule has 0 spiro atoms. The van der Waals surface area contributed by atoms with E-state index in [1.807, 2.05) is 0 Å². The number of anilines is 1. The molecule has 1 aliphatic heterocycles. The Morgan fingerprint density at radius 2 is 1.62 bits per heavy atom. The number of piperazine rings is 1. The predicted molar refractivity (Wildman–Crippen MR) is 113 cm³/mol. The van der Waals surface area contributed by atoms with E-state index in [0.717, 1.165) is 37.0 Å². The molecular weight excluding hydrogens is 338 g/mol. The van der Waals surface area contributed by atoms with Gasteiger partial charge in [0, 0.05) is 37.9 Å². The van der Waals surface area contributed by atoms with Crippen molar-refractivity contribution in [3.05, 3.63) is 64.7 Å². The maximum Gasteiger partial charge on any atom is 0.173 e. The first-order chi connectivity index (χ1) is 12.6. The largest absolute Gasteiger partial charge is 0.346 e. The summed E-state index contributed by atoms with van der Waals surface area (Å²) >= 11 is 5.69. The zero-order chi connectivity index (χ0) is 18.1. The molecule has 0 radical (unpaired) electrons. The van der Waals surface area contributed by atoms with Crippen LogP contribution in [0.4, 0.5) is 5.69 Å². The summed E-state index contributed by atoms with van der Waals surface area (Å²) < 4.78 is 0. The number of hydrogen-bond acceptors (Lipinski definition) is 2. The molecule has 136 valence electrons. The number of aryl methyl sites for hydroxylation is 2. The molecule has 4 heteroatoms. The van der Waals surface area contributed by atoms with E-state index in [9.17, 15) is 0 Å². The minimum Gasteiger partial charge on any atom is -0.346 e. The second-order valence-corrected chi connectivity index (χ2v) is 7.99. The fraction of sp³-hybridized carbons (Fsp3) is 0.409. The Labute approximate surface area is 162 Å². The van der Waals surface area contributed by atoms with Crippen LogP contribution in [0.15, 0.2) is 42.5 Å². The Bertz CT molecular complexity index is 784. The van der Waals surface area contributed by atoms with Crippen molar-refractivity contribution in [3.8, 4) is 0 Å². The van der Waals surface area contributed by atoms with Gasteiger partial charge in [0.2, 0.25) is 0 Å². The normalized spacial score (nSPS) is 18.0. The van der Waals surface area contributed by atoms with Gasteiger partial charge in [-0.2, -0.15) is 0 Å². The summed E-state index contributed by atoms with van der Waals surface area (Å²) in [7, 11) is 0. The van der Waals surface area contributed by atoms with Crippen LogP contribution in [0, 0.1) is 13.8 Å². The number of hydrogen-bond donors (Lipinski definition) is 1. The summed E-state index contributed by atoms with van der Waals surface area (Å²) in [5.74, 6) is 0. The highest BCUT2D eigenvalue weighted by Gasteiger charge is 2.29. The molecule has 2 aliphatic rings. The van der Waals surface area contributed by atoms with Crippen molar-refractivity contribution in [3.63, 3.8) is 0 Å². The number of thiocarbonyl (C=S) groups is 1. The minimum absolute atomic E-state index is 0.662. The lowest BCUT2D eigenvalue weighted by molar-refractivity contribution is 0.137. The first kappa shape index (κ1) is 17.5. The van der Waals surface area contributed by atoms with E-state index in [1.54, 1.807) is 0 Å². The Balaban J connectivity index is 1.32. The maximum absolute atomic E-state index is 5.69. The van der Waals surface area contributed by atoms with Gasteiger partial charge in [-0.15, -0.1) is 0 Å². The zero-order valence-electron chi connectivity index (χ0n) is 15.7. The molecule has 2 aromatic carbocycles. The van der Waals surface area contributed by atoms with Crippen LogP contribution in [0.5, 0.6) is 0 Å². The molecule has 3 nitrogen and oxygen atoms in total. The molecule has 0 amide bonds. The van der Waals surface area contributed by atoms with Crippen LogP contribution in [-0.4, -0.2) is 47.1 Å². The van der Waals surface area contributed by atoms with Gasteiger partial charge < -0.3 is 10.2 Å². The summed E-state index contributed by atoms with van der Waals surface area (Å²) in [6.07, 6.45) is 2.39. The number of nitrogens with one attached hydrogen (secondary N) is 1. The van der Waals surface area contributed by atoms with Gasteiger partial charge in [0.15, 0.2) is 5.11 Å². The molecule has 1 aliphatic carbocycles. The lowest BCUT2D eigenvalue weighted by Crippen LogP contribution is -2.53. The predicted octanol–water partition coefficient (Wildman–Crippen LogP) is 3.79. The van der Waals surface area contributed by atoms with Crippen LogP contribution >= 0.6 is 12.2 Å². The second-order valence-electron chi connectivity index (χ2n) is 7.60. The van der Waals surface area contributed by atoms with Crippen LogP contribution in [0.2, 0.25) is 0 Å². The molecule has 2 aromatic rings. The van der Waals surface area contributed by atoms with Crippen molar-refractivity contribution in [2.24, 2.45) is 0 Å². The van der Waals surface area contributed by atoms with Crippen molar-refractivity contribution < 1.29 is 0 Å². The lowest BCUT2D eigenvalue weighted by Gasteiger charge is -2.39. The van der Waals surface area contributed by atoms with E-state index < -0.39 is 0 Å². The van der Waals surface area contributed by atoms with Gasteiger partial charge in [-0.1, -0.05) is 36.4 Å². The topological polar surface area (TPSA) is 18.5 Å². The Hall–Kier alpha value is -1.91. The molecule has 26 heavy (non-hydrogen) atoms. The number of nitrogens with zero attached hydrogens (tertiary/aromatic N) is 2. The molecule has 1 fully saturated rings. The highest BCUT2D eigenvalue weighted by atomic mass is 32.1. The van der Waals surface area contributed by atoms with Crippen LogP contribution < -0.4 is 5.32 Å². The summed E-state index contributed by atoms with van der Waals surface area (Å²) in [5, 5.41) is 4.31. The van der Waals surface area contributed by atoms with E-state index in [1.165, 1.54) is 35.1 Å². The molecule has 1 N–H and O–H groups in total. The van der Waals surface area contributed by atoms with Crippen molar-refractivity contribution in [1.29, 1.82) is 0 Å². The lowest BCUT2D eigenvalue weighted by atomic mass is 10.1. The molecule has 4 rings (SSSR count). The van der Waals surface area contributed by atoms with Gasteiger partial charge in [-0.25, -0.2) is 0 Å². The van der Waals surface area contributed by atoms with Crippen LogP contribution in [0.3, 0.4) is 0 Å². The molecule has 0 bridgehead atoms. The average Bonchev–Trinajstić information content (AvgIpc) is 3.09. The van der Waals surface area contributed by atoms with Gasteiger partial charge in [0.05, 0.1) is 0 Å². The third-order valence-corrected chi connectivity index (χ3v) is 6.14. The second kappa shape index (κ2) is 7.37. The molecule has 0 atom stereocenters. The highest BCUT2D eigenvalue weighted by Crippen LogP contribution is 2.26.